The molecule has 2 aliphatic rings. The zero-order chi connectivity index (χ0) is 13.9. The zero-order valence-corrected chi connectivity index (χ0v) is 12.3. The van der Waals surface area contributed by atoms with Crippen molar-refractivity contribution in [1.29, 1.82) is 0 Å². The van der Waals surface area contributed by atoms with E-state index in [2.05, 4.69) is 0 Å². The molecule has 4 heteroatoms. The Hall–Kier alpha value is -1.29. The lowest BCUT2D eigenvalue weighted by Gasteiger charge is -2.30. The van der Waals surface area contributed by atoms with Gasteiger partial charge in [-0.3, -0.25) is 9.59 Å². The SMILES string of the molecule is O=C1CCN(C(=O)CC2CCSCC2)c2ccccc21. The predicted octanol–water partition coefficient (Wildman–Crippen LogP) is 3.14. The highest BCUT2D eigenvalue weighted by Gasteiger charge is 2.28. The second-order valence-electron chi connectivity index (χ2n) is 5.50. The number of hydrogen-bond donors (Lipinski definition) is 0. The fraction of sp³-hybridized carbons (Fsp3) is 0.500. The maximum absolute atomic E-state index is 12.5. The standard InChI is InChI=1S/C16H19NO2S/c18-15-5-8-17(14-4-2-1-3-13(14)15)16(19)11-12-6-9-20-10-7-12/h1-4,12H,5-11H2. The van der Waals surface area contributed by atoms with Crippen LogP contribution in [0.3, 0.4) is 0 Å². The van der Waals surface area contributed by atoms with Crippen LogP contribution in [-0.4, -0.2) is 29.7 Å². The number of anilines is 1. The van der Waals surface area contributed by atoms with E-state index in [-0.39, 0.29) is 11.7 Å². The third kappa shape index (κ3) is 2.75. The van der Waals surface area contributed by atoms with E-state index in [1.54, 1.807) is 0 Å². The van der Waals surface area contributed by atoms with Gasteiger partial charge in [-0.15, -0.1) is 0 Å². The summed E-state index contributed by atoms with van der Waals surface area (Å²) < 4.78 is 0. The minimum Gasteiger partial charge on any atom is -0.311 e. The number of carbonyl (C=O) groups excluding carboxylic acids is 2. The number of amides is 1. The van der Waals surface area contributed by atoms with E-state index < -0.39 is 0 Å². The molecule has 20 heavy (non-hydrogen) atoms. The van der Waals surface area contributed by atoms with E-state index >= 15 is 0 Å². The molecule has 106 valence electrons. The molecule has 3 rings (SSSR count). The Morgan fingerprint density at radius 1 is 1.25 bits per heavy atom. The van der Waals surface area contributed by atoms with Gasteiger partial charge in [-0.05, 0) is 42.4 Å². The van der Waals surface area contributed by atoms with Crippen LogP contribution in [0.4, 0.5) is 5.69 Å². The van der Waals surface area contributed by atoms with Crippen LogP contribution in [0.2, 0.25) is 0 Å². The Bertz CT molecular complexity index is 523. The molecular formula is C16H19NO2S. The highest BCUT2D eigenvalue weighted by molar-refractivity contribution is 7.99. The van der Waals surface area contributed by atoms with Gasteiger partial charge in [-0.25, -0.2) is 0 Å². The molecule has 0 aromatic heterocycles. The fourth-order valence-electron chi connectivity index (χ4n) is 2.98. The largest absolute Gasteiger partial charge is 0.311 e. The first-order valence-electron chi connectivity index (χ1n) is 7.26. The van der Waals surface area contributed by atoms with E-state index in [4.69, 9.17) is 0 Å². The third-order valence-electron chi connectivity index (χ3n) is 4.16. The van der Waals surface area contributed by atoms with Crippen molar-refractivity contribution in [2.45, 2.75) is 25.7 Å². The molecule has 1 aromatic carbocycles. The van der Waals surface area contributed by atoms with Crippen LogP contribution in [0.1, 0.15) is 36.0 Å². The fourth-order valence-corrected chi connectivity index (χ4v) is 4.18. The summed E-state index contributed by atoms with van der Waals surface area (Å²) >= 11 is 1.98. The zero-order valence-electron chi connectivity index (χ0n) is 11.5. The third-order valence-corrected chi connectivity index (χ3v) is 5.21. The van der Waals surface area contributed by atoms with Crippen molar-refractivity contribution in [2.24, 2.45) is 5.92 Å². The van der Waals surface area contributed by atoms with E-state index in [1.165, 1.54) is 11.5 Å². The van der Waals surface area contributed by atoms with Crippen molar-refractivity contribution >= 4 is 29.1 Å². The Kier molecular flexibility index (Phi) is 4.10. The molecule has 0 radical (unpaired) electrons. The Labute approximate surface area is 123 Å². The van der Waals surface area contributed by atoms with Gasteiger partial charge in [0.1, 0.15) is 0 Å². The minimum absolute atomic E-state index is 0.152. The van der Waals surface area contributed by atoms with Crippen LogP contribution in [0.5, 0.6) is 0 Å². The van der Waals surface area contributed by atoms with Gasteiger partial charge >= 0.3 is 0 Å². The van der Waals surface area contributed by atoms with Crippen LogP contribution < -0.4 is 4.90 Å². The summed E-state index contributed by atoms with van der Waals surface area (Å²) in [7, 11) is 0. The van der Waals surface area contributed by atoms with Gasteiger partial charge in [-0.1, -0.05) is 12.1 Å². The Morgan fingerprint density at radius 3 is 2.80 bits per heavy atom. The van der Waals surface area contributed by atoms with Gasteiger partial charge in [0.25, 0.3) is 0 Å². The Balaban J connectivity index is 1.75. The second kappa shape index (κ2) is 6.00. The number of thioether (sulfide) groups is 1. The van der Waals surface area contributed by atoms with Gasteiger partial charge in [0.15, 0.2) is 5.78 Å². The van der Waals surface area contributed by atoms with Crippen molar-refractivity contribution in [1.82, 2.24) is 0 Å². The summed E-state index contributed by atoms with van der Waals surface area (Å²) in [4.78, 5) is 26.3. The lowest BCUT2D eigenvalue weighted by molar-refractivity contribution is -0.119. The van der Waals surface area contributed by atoms with Gasteiger partial charge < -0.3 is 4.90 Å². The maximum Gasteiger partial charge on any atom is 0.227 e. The molecule has 2 aliphatic heterocycles. The van der Waals surface area contributed by atoms with Gasteiger partial charge in [-0.2, -0.15) is 11.8 Å². The number of benzene rings is 1. The average Bonchev–Trinajstić information content (AvgIpc) is 2.49. The first kappa shape index (κ1) is 13.7. The summed E-state index contributed by atoms with van der Waals surface area (Å²) in [5.41, 5.74) is 1.50. The first-order valence-corrected chi connectivity index (χ1v) is 8.41. The summed E-state index contributed by atoms with van der Waals surface area (Å²) in [6.07, 6.45) is 3.36. The van der Waals surface area contributed by atoms with E-state index in [0.29, 0.717) is 30.9 Å². The van der Waals surface area contributed by atoms with Crippen molar-refractivity contribution in [3.63, 3.8) is 0 Å². The highest BCUT2D eigenvalue weighted by atomic mass is 32.2. The highest BCUT2D eigenvalue weighted by Crippen LogP contribution is 2.30. The number of fused-ring (bicyclic) bond motifs is 1. The second-order valence-corrected chi connectivity index (χ2v) is 6.72. The minimum atomic E-state index is 0.152. The van der Waals surface area contributed by atoms with Crippen LogP contribution in [0.25, 0.3) is 0 Å². The van der Waals surface area contributed by atoms with Crippen LogP contribution in [0.15, 0.2) is 24.3 Å². The molecule has 0 aliphatic carbocycles. The molecule has 0 N–H and O–H groups in total. The van der Waals surface area contributed by atoms with Crippen molar-refractivity contribution in [3.8, 4) is 0 Å². The molecule has 0 saturated carbocycles. The maximum atomic E-state index is 12.5. The smallest absolute Gasteiger partial charge is 0.227 e. The lowest BCUT2D eigenvalue weighted by atomic mass is 9.95. The van der Waals surface area contributed by atoms with Crippen molar-refractivity contribution in [3.05, 3.63) is 29.8 Å². The number of hydrogen-bond acceptors (Lipinski definition) is 3. The normalized spacial score (nSPS) is 19.8. The number of para-hydroxylation sites is 1. The molecule has 1 amide bonds. The number of ketones is 1. The Morgan fingerprint density at radius 2 is 2.00 bits per heavy atom. The molecule has 1 fully saturated rings. The van der Waals surface area contributed by atoms with Gasteiger partial charge in [0.05, 0.1) is 5.69 Å². The van der Waals surface area contributed by atoms with Crippen LogP contribution >= 0.6 is 11.8 Å². The average molecular weight is 289 g/mol. The number of Topliss-reactive ketones (excluding diaryl/α,β-unsaturated/α-hetero) is 1. The van der Waals surface area contributed by atoms with E-state index in [1.807, 2.05) is 40.9 Å². The summed E-state index contributed by atoms with van der Waals surface area (Å²) in [6.45, 7) is 0.538. The lowest BCUT2D eigenvalue weighted by Crippen LogP contribution is -2.38. The summed E-state index contributed by atoms with van der Waals surface area (Å²) in [5, 5.41) is 0. The van der Waals surface area contributed by atoms with E-state index in [0.717, 1.165) is 18.5 Å². The molecule has 0 atom stereocenters. The molecule has 0 bridgehead atoms. The van der Waals surface area contributed by atoms with Crippen LogP contribution in [-0.2, 0) is 4.79 Å². The van der Waals surface area contributed by atoms with Crippen molar-refractivity contribution in [2.75, 3.05) is 23.0 Å². The monoisotopic (exact) mass is 289 g/mol. The molecule has 0 spiro atoms. The summed E-state index contributed by atoms with van der Waals surface area (Å²) in [6, 6.07) is 7.48. The number of rotatable bonds is 2. The quantitative estimate of drug-likeness (QED) is 0.839. The molecule has 1 aromatic rings. The predicted molar refractivity (Wildman–Crippen MR) is 82.4 cm³/mol. The van der Waals surface area contributed by atoms with Gasteiger partial charge in [0, 0.05) is 24.9 Å². The first-order chi connectivity index (χ1) is 9.75. The topological polar surface area (TPSA) is 37.4 Å². The van der Waals surface area contributed by atoms with E-state index in [9.17, 15) is 9.59 Å². The molecule has 1 saturated heterocycles. The number of carbonyl (C=O) groups is 2. The molecular weight excluding hydrogens is 270 g/mol. The molecule has 0 unspecified atom stereocenters. The van der Waals surface area contributed by atoms with Crippen LogP contribution in [0, 0.1) is 5.92 Å². The van der Waals surface area contributed by atoms with Gasteiger partial charge in [0.2, 0.25) is 5.91 Å². The molecule has 3 nitrogen and oxygen atoms in total. The summed E-state index contributed by atoms with van der Waals surface area (Å²) in [5.74, 6) is 3.20. The van der Waals surface area contributed by atoms with Crippen molar-refractivity contribution < 1.29 is 9.59 Å². The number of nitrogens with zero attached hydrogens (tertiary/aromatic N) is 1. The molecule has 2 heterocycles.